The fraction of sp³-hybridized carbons (Fsp3) is 0.154. The number of anilines is 1. The van der Waals surface area contributed by atoms with Crippen LogP contribution in [0.1, 0.15) is 30.5 Å². The van der Waals surface area contributed by atoms with Crippen molar-refractivity contribution in [3.05, 3.63) is 95.0 Å². The number of thioether (sulfide) groups is 1. The van der Waals surface area contributed by atoms with Gasteiger partial charge in [-0.05, 0) is 48.4 Å². The van der Waals surface area contributed by atoms with Gasteiger partial charge in [0.2, 0.25) is 5.91 Å². The second kappa shape index (κ2) is 9.44. The maximum atomic E-state index is 13.5. The summed E-state index contributed by atoms with van der Waals surface area (Å²) in [6.07, 6.45) is 0.557. The van der Waals surface area contributed by atoms with E-state index in [-0.39, 0.29) is 11.8 Å². The second-order valence-electron chi connectivity index (χ2n) is 7.86. The molecule has 0 radical (unpaired) electrons. The van der Waals surface area contributed by atoms with E-state index in [4.69, 9.17) is 21.6 Å². The van der Waals surface area contributed by atoms with E-state index in [9.17, 15) is 9.59 Å². The summed E-state index contributed by atoms with van der Waals surface area (Å²) in [4.78, 5) is 37.7. The van der Waals surface area contributed by atoms with Crippen molar-refractivity contribution in [3.63, 3.8) is 0 Å². The third kappa shape index (κ3) is 4.24. The SMILES string of the molecule is CC[C@@H](SC1=Nc2ccccc2C2=N[C@@H](c3ccccc3)C(=O)N12)C(=O)Nc1ccc(Cl)cc1. The molecular formula is C26H21ClN4O2S. The molecule has 0 bridgehead atoms. The predicted octanol–water partition coefficient (Wildman–Crippen LogP) is 5.82. The number of hydrogen-bond acceptors (Lipinski definition) is 5. The number of para-hydroxylation sites is 1. The third-order valence-corrected chi connectivity index (χ3v) is 7.18. The van der Waals surface area contributed by atoms with E-state index in [0.29, 0.717) is 28.1 Å². The van der Waals surface area contributed by atoms with Crippen molar-refractivity contribution in [2.45, 2.75) is 24.6 Å². The Balaban J connectivity index is 1.45. The maximum absolute atomic E-state index is 13.5. The van der Waals surface area contributed by atoms with Crippen LogP contribution in [0.15, 0.2) is 88.8 Å². The lowest BCUT2D eigenvalue weighted by atomic mass is 10.1. The Morgan fingerprint density at radius 2 is 1.76 bits per heavy atom. The first-order valence-corrected chi connectivity index (χ1v) is 12.2. The summed E-state index contributed by atoms with van der Waals surface area (Å²) in [6.45, 7) is 1.93. The molecule has 170 valence electrons. The highest BCUT2D eigenvalue weighted by Gasteiger charge is 2.43. The summed E-state index contributed by atoms with van der Waals surface area (Å²) in [6, 6.07) is 23.4. The lowest BCUT2D eigenvalue weighted by molar-refractivity contribution is -0.124. The predicted molar refractivity (Wildman–Crippen MR) is 138 cm³/mol. The number of amidine groups is 2. The van der Waals surface area contributed by atoms with Crippen LogP contribution < -0.4 is 5.32 Å². The number of fused-ring (bicyclic) bond motifs is 3. The van der Waals surface area contributed by atoms with Crippen LogP contribution in [0.5, 0.6) is 0 Å². The molecule has 0 spiro atoms. The molecule has 8 heteroatoms. The van der Waals surface area contributed by atoms with Crippen molar-refractivity contribution in [3.8, 4) is 0 Å². The van der Waals surface area contributed by atoms with E-state index in [1.165, 1.54) is 11.8 Å². The number of carbonyl (C=O) groups excluding carboxylic acids is 2. The van der Waals surface area contributed by atoms with Crippen molar-refractivity contribution in [2.75, 3.05) is 5.32 Å². The quantitative estimate of drug-likeness (QED) is 0.491. The Bertz CT molecular complexity index is 1310. The van der Waals surface area contributed by atoms with Crippen LogP contribution in [-0.2, 0) is 9.59 Å². The van der Waals surface area contributed by atoms with Gasteiger partial charge in [-0.25, -0.2) is 14.9 Å². The number of hydrogen-bond donors (Lipinski definition) is 1. The monoisotopic (exact) mass is 488 g/mol. The highest BCUT2D eigenvalue weighted by Crippen LogP contribution is 2.38. The minimum Gasteiger partial charge on any atom is -0.325 e. The molecule has 0 aromatic heterocycles. The van der Waals surface area contributed by atoms with E-state index in [1.807, 2.05) is 61.5 Å². The molecule has 3 aromatic carbocycles. The topological polar surface area (TPSA) is 74.1 Å². The molecule has 2 atom stereocenters. The summed E-state index contributed by atoms with van der Waals surface area (Å²) in [7, 11) is 0. The Kier molecular flexibility index (Phi) is 6.22. The molecule has 5 rings (SSSR count). The molecule has 0 aliphatic carbocycles. The van der Waals surface area contributed by atoms with Gasteiger partial charge in [-0.1, -0.05) is 72.8 Å². The lowest BCUT2D eigenvalue weighted by Gasteiger charge is -2.27. The fourth-order valence-electron chi connectivity index (χ4n) is 3.89. The molecule has 2 amide bonds. The van der Waals surface area contributed by atoms with E-state index < -0.39 is 11.3 Å². The van der Waals surface area contributed by atoms with Gasteiger partial charge in [0.15, 0.2) is 11.2 Å². The summed E-state index contributed by atoms with van der Waals surface area (Å²) in [5, 5.41) is 3.53. The standard InChI is InChI=1S/C26H21ClN4O2S/c1-2-21(24(32)28-18-14-12-17(27)13-15-18)34-26-29-20-11-7-6-10-19(20)23-30-22(25(33)31(23)26)16-8-4-3-5-9-16/h3-15,21-22H,2H2,1H3,(H,28,32)/t21-,22+/m1/s1. The average Bonchev–Trinajstić information content (AvgIpc) is 3.22. The molecular weight excluding hydrogens is 468 g/mol. The first-order valence-electron chi connectivity index (χ1n) is 10.9. The van der Waals surface area contributed by atoms with Crippen LogP contribution in [0.2, 0.25) is 5.02 Å². The summed E-state index contributed by atoms with van der Waals surface area (Å²) < 4.78 is 0. The molecule has 2 aliphatic heterocycles. The normalized spacial score (nSPS) is 17.4. The van der Waals surface area contributed by atoms with Crippen LogP contribution in [-0.4, -0.2) is 33.0 Å². The molecule has 2 heterocycles. The lowest BCUT2D eigenvalue weighted by Crippen LogP contribution is -2.41. The van der Waals surface area contributed by atoms with E-state index in [2.05, 4.69) is 5.32 Å². The van der Waals surface area contributed by atoms with Gasteiger partial charge in [0.1, 0.15) is 5.84 Å². The van der Waals surface area contributed by atoms with Crippen LogP contribution in [0, 0.1) is 0 Å². The summed E-state index contributed by atoms with van der Waals surface area (Å²) in [5.74, 6) is 0.232. The molecule has 0 fully saturated rings. The van der Waals surface area contributed by atoms with Gasteiger partial charge >= 0.3 is 0 Å². The highest BCUT2D eigenvalue weighted by molar-refractivity contribution is 8.15. The average molecular weight is 489 g/mol. The Labute approximate surface area is 206 Å². The van der Waals surface area contributed by atoms with E-state index in [0.717, 1.165) is 16.8 Å². The number of nitrogens with one attached hydrogen (secondary N) is 1. The van der Waals surface area contributed by atoms with Crippen molar-refractivity contribution in [2.24, 2.45) is 9.98 Å². The Morgan fingerprint density at radius 3 is 2.50 bits per heavy atom. The van der Waals surface area contributed by atoms with Crippen molar-refractivity contribution < 1.29 is 9.59 Å². The highest BCUT2D eigenvalue weighted by atomic mass is 35.5. The van der Waals surface area contributed by atoms with Gasteiger partial charge < -0.3 is 5.32 Å². The van der Waals surface area contributed by atoms with Gasteiger partial charge in [-0.3, -0.25) is 9.59 Å². The van der Waals surface area contributed by atoms with Gasteiger partial charge in [0, 0.05) is 16.3 Å². The largest absolute Gasteiger partial charge is 0.325 e. The number of nitrogens with zero attached hydrogens (tertiary/aromatic N) is 3. The van der Waals surface area contributed by atoms with Gasteiger partial charge in [0.05, 0.1) is 10.9 Å². The Morgan fingerprint density at radius 1 is 1.06 bits per heavy atom. The van der Waals surface area contributed by atoms with Gasteiger partial charge in [-0.15, -0.1) is 0 Å². The Hall–Kier alpha value is -3.42. The number of aliphatic imine (C=N–C) groups is 2. The zero-order valence-electron chi connectivity index (χ0n) is 18.3. The molecule has 34 heavy (non-hydrogen) atoms. The number of rotatable bonds is 5. The van der Waals surface area contributed by atoms with Crippen LogP contribution in [0.4, 0.5) is 11.4 Å². The molecule has 0 saturated heterocycles. The zero-order chi connectivity index (χ0) is 23.7. The molecule has 0 saturated carbocycles. The fourth-order valence-corrected chi connectivity index (χ4v) is 5.03. The molecule has 2 aliphatic rings. The maximum Gasteiger partial charge on any atom is 0.263 e. The van der Waals surface area contributed by atoms with Crippen molar-refractivity contribution in [1.82, 2.24) is 4.90 Å². The van der Waals surface area contributed by atoms with Crippen molar-refractivity contribution in [1.29, 1.82) is 0 Å². The molecule has 1 N–H and O–H groups in total. The van der Waals surface area contributed by atoms with Crippen LogP contribution >= 0.6 is 23.4 Å². The number of halogens is 1. The summed E-state index contributed by atoms with van der Waals surface area (Å²) >= 11 is 7.22. The third-order valence-electron chi connectivity index (χ3n) is 5.61. The van der Waals surface area contributed by atoms with E-state index >= 15 is 0 Å². The second-order valence-corrected chi connectivity index (χ2v) is 9.47. The summed E-state index contributed by atoms with van der Waals surface area (Å²) in [5.41, 5.74) is 3.02. The minimum absolute atomic E-state index is 0.166. The van der Waals surface area contributed by atoms with E-state index in [1.54, 1.807) is 29.2 Å². The van der Waals surface area contributed by atoms with Crippen LogP contribution in [0.3, 0.4) is 0 Å². The number of amides is 2. The van der Waals surface area contributed by atoms with Crippen molar-refractivity contribution >= 4 is 57.6 Å². The van der Waals surface area contributed by atoms with Crippen LogP contribution in [0.25, 0.3) is 0 Å². The smallest absolute Gasteiger partial charge is 0.263 e. The molecule has 6 nitrogen and oxygen atoms in total. The minimum atomic E-state index is -0.642. The first-order chi connectivity index (χ1) is 16.5. The molecule has 0 unspecified atom stereocenters. The zero-order valence-corrected chi connectivity index (χ0v) is 19.9. The number of benzene rings is 3. The van der Waals surface area contributed by atoms with Gasteiger partial charge in [-0.2, -0.15) is 0 Å². The first kappa shape index (κ1) is 22.4. The van der Waals surface area contributed by atoms with Gasteiger partial charge in [0.25, 0.3) is 5.91 Å². The molecule has 3 aromatic rings. The number of carbonyl (C=O) groups is 2.